The molecule has 0 fully saturated rings. The summed E-state index contributed by atoms with van der Waals surface area (Å²) in [6.45, 7) is 12.6. The Balaban J connectivity index is 0. The Morgan fingerprint density at radius 3 is 1.03 bits per heavy atom. The van der Waals surface area contributed by atoms with Crippen LogP contribution in [0.1, 0.15) is 68.2 Å². The first-order valence-electron chi connectivity index (χ1n) is 10.6. The molecule has 4 atom stereocenters. The Labute approximate surface area is 206 Å². The smallest absolute Gasteiger partial charge is 0.417 e. The van der Waals surface area contributed by atoms with Gasteiger partial charge in [-0.05, 0) is 38.5 Å². The van der Waals surface area contributed by atoms with Crippen molar-refractivity contribution in [2.75, 3.05) is 27.2 Å². The summed E-state index contributed by atoms with van der Waals surface area (Å²) in [5.41, 5.74) is -6.73. The van der Waals surface area contributed by atoms with Gasteiger partial charge in [0, 0.05) is 10.8 Å². The molecule has 0 rings (SSSR count). The van der Waals surface area contributed by atoms with E-state index in [1.807, 2.05) is 41.8 Å². The molecule has 0 heterocycles. The van der Waals surface area contributed by atoms with Crippen LogP contribution in [0.4, 0.5) is 26.3 Å². The fourth-order valence-electron chi connectivity index (χ4n) is 5.12. The van der Waals surface area contributed by atoms with Gasteiger partial charge in [-0.25, -0.2) is 0 Å². The number of alkyl halides is 6. The van der Waals surface area contributed by atoms with Crippen LogP contribution in [-0.4, -0.2) is 65.4 Å². The van der Waals surface area contributed by atoms with Crippen molar-refractivity contribution in [3.63, 3.8) is 0 Å². The summed E-state index contributed by atoms with van der Waals surface area (Å²) in [6.07, 6.45) is -9.22. The van der Waals surface area contributed by atoms with Gasteiger partial charge in [0.05, 0.1) is 27.2 Å². The molecule has 10 heteroatoms. The third-order valence-corrected chi connectivity index (χ3v) is 6.50. The number of nitrogens with zero attached hydrogens (tertiary/aromatic N) is 1. The summed E-state index contributed by atoms with van der Waals surface area (Å²) < 4.78 is 79.4. The third-order valence-electron chi connectivity index (χ3n) is 6.50. The van der Waals surface area contributed by atoms with Crippen molar-refractivity contribution in [3.8, 4) is 0 Å². The number of hydrogen-bond acceptors (Lipinski definition) is 2. The lowest BCUT2D eigenvalue weighted by Crippen LogP contribution is -3.00. The van der Waals surface area contributed by atoms with E-state index in [1.165, 1.54) is 13.8 Å². The van der Waals surface area contributed by atoms with Crippen LogP contribution in [0.25, 0.3) is 0 Å². The van der Waals surface area contributed by atoms with Crippen LogP contribution in [0.3, 0.4) is 0 Å². The molecule has 0 aliphatic carbocycles. The maximum atomic E-state index is 13.2. The minimum absolute atomic E-state index is 0. The monoisotopic (exact) mass is 593 g/mol. The van der Waals surface area contributed by atoms with Crippen molar-refractivity contribution in [2.45, 2.75) is 91.8 Å². The van der Waals surface area contributed by atoms with Gasteiger partial charge in [-0.2, -0.15) is 26.3 Å². The molecule has 0 aliphatic rings. The summed E-state index contributed by atoms with van der Waals surface area (Å²) in [6, 6.07) is 0. The Hall–Kier alpha value is 0.190. The summed E-state index contributed by atoms with van der Waals surface area (Å²) in [7, 11) is 3.78. The third kappa shape index (κ3) is 9.44. The molecular formula is C22H42F6INO2. The predicted molar refractivity (Wildman–Crippen MR) is 110 cm³/mol. The minimum atomic E-state index is -4.74. The molecule has 32 heavy (non-hydrogen) atoms. The molecule has 0 aromatic rings. The first kappa shape index (κ1) is 34.4. The summed E-state index contributed by atoms with van der Waals surface area (Å²) in [5, 5.41) is 19.9. The van der Waals surface area contributed by atoms with Gasteiger partial charge < -0.3 is 38.7 Å². The van der Waals surface area contributed by atoms with Crippen molar-refractivity contribution < 1.29 is 65.0 Å². The quantitative estimate of drug-likeness (QED) is 0.233. The van der Waals surface area contributed by atoms with E-state index in [1.54, 1.807) is 0 Å². The van der Waals surface area contributed by atoms with E-state index in [4.69, 9.17) is 0 Å². The highest BCUT2D eigenvalue weighted by molar-refractivity contribution is 4.91. The van der Waals surface area contributed by atoms with E-state index < -0.39 is 46.2 Å². The van der Waals surface area contributed by atoms with Crippen LogP contribution in [0, 0.1) is 22.7 Å². The average molecular weight is 593 g/mol. The molecule has 2 N–H and O–H groups in total. The molecule has 0 aromatic carbocycles. The van der Waals surface area contributed by atoms with Crippen molar-refractivity contribution in [1.29, 1.82) is 0 Å². The minimum Gasteiger partial charge on any atom is -1.00 e. The zero-order chi connectivity index (χ0) is 25.5. The largest absolute Gasteiger partial charge is 1.00 e. The van der Waals surface area contributed by atoms with Crippen LogP contribution in [-0.2, 0) is 0 Å². The molecule has 3 nitrogen and oxygen atoms in total. The van der Waals surface area contributed by atoms with Crippen LogP contribution in [0.2, 0.25) is 0 Å². The van der Waals surface area contributed by atoms with E-state index in [0.717, 1.165) is 13.8 Å². The van der Waals surface area contributed by atoms with Gasteiger partial charge in [-0.15, -0.1) is 0 Å². The average Bonchev–Trinajstić information content (AvgIpc) is 2.40. The van der Waals surface area contributed by atoms with Crippen molar-refractivity contribution in [3.05, 3.63) is 0 Å². The molecule has 0 aromatic heterocycles. The second kappa shape index (κ2) is 10.4. The van der Waals surface area contributed by atoms with E-state index in [9.17, 15) is 36.6 Å². The Kier molecular flexibility index (Phi) is 11.2. The van der Waals surface area contributed by atoms with Gasteiger partial charge in [0.15, 0.2) is 11.2 Å². The predicted octanol–water partition coefficient (Wildman–Crippen LogP) is 2.80. The molecule has 0 bridgehead atoms. The standard InChI is InChI=1S/C22H42F6NO2.HI/c1-15(19(7,30)21(23,24)25)11-17(3,4)13-29(9,10)14-18(5,6)12-16(2)20(8,31)22(26,27)28;/h15-16,30-31H,11-14H2,1-10H3;1H/q+1;/p-1. The molecule has 0 amide bonds. The van der Waals surface area contributed by atoms with Gasteiger partial charge in [0.1, 0.15) is 0 Å². The highest BCUT2D eigenvalue weighted by atomic mass is 127. The second-order valence-electron chi connectivity index (χ2n) is 12.1. The molecule has 196 valence electrons. The van der Waals surface area contributed by atoms with E-state index in [-0.39, 0.29) is 36.8 Å². The Bertz CT molecular complexity index is 548. The SMILES string of the molecule is CC(CC(C)(C)C[N+](C)(C)CC(C)(C)CC(C)C(C)(O)C(F)(F)F)C(C)(O)C(F)(F)F.[I-]. The van der Waals surface area contributed by atoms with Gasteiger partial charge in [-0.1, -0.05) is 41.5 Å². The number of halogens is 7. The molecule has 0 aliphatic heterocycles. The summed E-state index contributed by atoms with van der Waals surface area (Å²) >= 11 is 0. The maximum Gasteiger partial charge on any atom is 0.417 e. The fraction of sp³-hybridized carbons (Fsp3) is 1.00. The second-order valence-corrected chi connectivity index (χ2v) is 12.1. The van der Waals surface area contributed by atoms with Crippen molar-refractivity contribution in [1.82, 2.24) is 0 Å². The van der Waals surface area contributed by atoms with Crippen LogP contribution in [0.15, 0.2) is 0 Å². The van der Waals surface area contributed by atoms with E-state index >= 15 is 0 Å². The topological polar surface area (TPSA) is 40.5 Å². The van der Waals surface area contributed by atoms with Crippen LogP contribution >= 0.6 is 0 Å². The first-order chi connectivity index (χ1) is 13.2. The highest BCUT2D eigenvalue weighted by Crippen LogP contribution is 2.43. The lowest BCUT2D eigenvalue weighted by atomic mass is 9.74. The number of quaternary nitrogens is 1. The fourth-order valence-corrected chi connectivity index (χ4v) is 5.12. The van der Waals surface area contributed by atoms with Crippen molar-refractivity contribution in [2.24, 2.45) is 22.7 Å². The van der Waals surface area contributed by atoms with E-state index in [2.05, 4.69) is 0 Å². The first-order valence-corrected chi connectivity index (χ1v) is 10.6. The molecule has 4 unspecified atom stereocenters. The summed E-state index contributed by atoms with van der Waals surface area (Å²) in [4.78, 5) is 0. The Morgan fingerprint density at radius 2 is 0.844 bits per heavy atom. The number of rotatable bonds is 10. The molecule has 0 saturated heterocycles. The van der Waals surface area contributed by atoms with Gasteiger partial charge >= 0.3 is 12.4 Å². The van der Waals surface area contributed by atoms with Gasteiger partial charge in [0.2, 0.25) is 0 Å². The summed E-state index contributed by atoms with van der Waals surface area (Å²) in [5.74, 6) is -2.06. The van der Waals surface area contributed by atoms with Crippen molar-refractivity contribution >= 4 is 0 Å². The molecule has 0 spiro atoms. The van der Waals surface area contributed by atoms with Gasteiger partial charge in [0.25, 0.3) is 0 Å². The lowest BCUT2D eigenvalue weighted by molar-refractivity contribution is -0.902. The normalized spacial score (nSPS) is 20.1. The molecular weight excluding hydrogens is 551 g/mol. The Morgan fingerprint density at radius 1 is 0.625 bits per heavy atom. The zero-order valence-corrected chi connectivity index (χ0v) is 23.1. The van der Waals surface area contributed by atoms with Crippen LogP contribution < -0.4 is 24.0 Å². The maximum absolute atomic E-state index is 13.2. The highest BCUT2D eigenvalue weighted by Gasteiger charge is 2.55. The molecule has 0 radical (unpaired) electrons. The lowest BCUT2D eigenvalue weighted by Gasteiger charge is -2.45. The van der Waals surface area contributed by atoms with Gasteiger partial charge in [-0.3, -0.25) is 0 Å². The number of hydrogen-bond donors (Lipinski definition) is 2. The van der Waals surface area contributed by atoms with Crippen LogP contribution in [0.5, 0.6) is 0 Å². The zero-order valence-electron chi connectivity index (χ0n) is 21.0. The number of aliphatic hydroxyl groups is 2. The van der Waals surface area contributed by atoms with E-state index in [0.29, 0.717) is 17.6 Å². The molecule has 0 saturated carbocycles.